The van der Waals surface area contributed by atoms with Crippen LogP contribution in [0.3, 0.4) is 0 Å². The number of aryl methyl sites for hydroxylation is 1. The Morgan fingerprint density at radius 3 is 2.71 bits per heavy atom. The van der Waals surface area contributed by atoms with Gasteiger partial charge in [0, 0.05) is 45.0 Å². The summed E-state index contributed by atoms with van der Waals surface area (Å²) in [5.41, 5.74) is 1.22. The van der Waals surface area contributed by atoms with Gasteiger partial charge in [-0.1, -0.05) is 6.42 Å². The van der Waals surface area contributed by atoms with Crippen LogP contribution in [0.1, 0.15) is 44.2 Å². The van der Waals surface area contributed by atoms with Crippen molar-refractivity contribution in [3.05, 3.63) is 18.0 Å². The summed E-state index contributed by atoms with van der Waals surface area (Å²) in [5.74, 6) is 1.84. The standard InChI is InChI=1S/C21H39N7/c1-5-22-21(23-14-20(25(2)3)19-13-24-26(4)17-19)28-12-9-18(16-28)15-27-10-7-6-8-11-27/h13,17-18,20H,5-12,14-16H2,1-4H3,(H,22,23). The Balaban J connectivity index is 1.60. The van der Waals surface area contributed by atoms with Gasteiger partial charge >= 0.3 is 0 Å². The topological polar surface area (TPSA) is 51.9 Å². The fraction of sp³-hybridized carbons (Fsp3) is 0.810. The van der Waals surface area contributed by atoms with Gasteiger partial charge < -0.3 is 20.0 Å². The van der Waals surface area contributed by atoms with Crippen molar-refractivity contribution in [1.82, 2.24) is 29.8 Å². The molecule has 2 aliphatic heterocycles. The van der Waals surface area contributed by atoms with Gasteiger partial charge in [0.15, 0.2) is 5.96 Å². The number of nitrogens with one attached hydrogen (secondary N) is 1. The van der Waals surface area contributed by atoms with E-state index in [9.17, 15) is 0 Å². The maximum absolute atomic E-state index is 5.02. The third kappa shape index (κ3) is 5.70. The molecule has 28 heavy (non-hydrogen) atoms. The second-order valence-electron chi connectivity index (χ2n) is 8.58. The summed E-state index contributed by atoms with van der Waals surface area (Å²) in [4.78, 5) is 12.4. The SMILES string of the molecule is CCNC(=NCC(c1cnn(C)c1)N(C)C)N1CCC(CN2CCCCC2)C1. The minimum Gasteiger partial charge on any atom is -0.357 e. The zero-order valence-corrected chi connectivity index (χ0v) is 18.3. The molecule has 7 heteroatoms. The Morgan fingerprint density at radius 2 is 2.07 bits per heavy atom. The fourth-order valence-corrected chi connectivity index (χ4v) is 4.46. The van der Waals surface area contributed by atoms with E-state index in [2.05, 4.69) is 52.3 Å². The molecule has 0 bridgehead atoms. The first kappa shape index (κ1) is 21.1. The van der Waals surface area contributed by atoms with Crippen molar-refractivity contribution in [2.45, 2.75) is 38.6 Å². The van der Waals surface area contributed by atoms with Crippen molar-refractivity contribution in [1.29, 1.82) is 0 Å². The summed E-state index contributed by atoms with van der Waals surface area (Å²) in [6, 6.07) is 0.245. The van der Waals surface area contributed by atoms with Gasteiger partial charge in [0.2, 0.25) is 0 Å². The molecule has 0 aliphatic carbocycles. The van der Waals surface area contributed by atoms with Gasteiger partial charge in [-0.3, -0.25) is 9.67 Å². The molecule has 0 spiro atoms. The van der Waals surface area contributed by atoms with Crippen molar-refractivity contribution in [2.75, 3.05) is 59.9 Å². The van der Waals surface area contributed by atoms with Crippen LogP contribution in [0.15, 0.2) is 17.4 Å². The van der Waals surface area contributed by atoms with Crippen LogP contribution in [-0.4, -0.2) is 90.3 Å². The highest BCUT2D eigenvalue weighted by atomic mass is 15.3. The van der Waals surface area contributed by atoms with Crippen molar-refractivity contribution >= 4 is 5.96 Å². The van der Waals surface area contributed by atoms with Gasteiger partial charge in [0.1, 0.15) is 0 Å². The molecule has 0 aromatic carbocycles. The van der Waals surface area contributed by atoms with Gasteiger partial charge in [-0.25, -0.2) is 0 Å². The Bertz CT molecular complexity index is 618. The first-order chi connectivity index (χ1) is 13.6. The highest BCUT2D eigenvalue weighted by Crippen LogP contribution is 2.21. The maximum atomic E-state index is 5.02. The largest absolute Gasteiger partial charge is 0.357 e. The van der Waals surface area contributed by atoms with E-state index in [0.29, 0.717) is 0 Å². The monoisotopic (exact) mass is 389 g/mol. The second-order valence-corrected chi connectivity index (χ2v) is 8.58. The average molecular weight is 390 g/mol. The molecule has 2 atom stereocenters. The summed E-state index contributed by atoms with van der Waals surface area (Å²) >= 11 is 0. The molecular formula is C21H39N7. The van der Waals surface area contributed by atoms with Crippen LogP contribution in [0.4, 0.5) is 0 Å². The summed E-state index contributed by atoms with van der Waals surface area (Å²) in [6.07, 6.45) is 9.49. The molecule has 7 nitrogen and oxygen atoms in total. The first-order valence-electron chi connectivity index (χ1n) is 11.0. The molecule has 0 saturated carbocycles. The molecule has 1 aromatic heterocycles. The summed E-state index contributed by atoms with van der Waals surface area (Å²) in [7, 11) is 6.20. The van der Waals surface area contributed by atoms with Crippen molar-refractivity contribution < 1.29 is 0 Å². The number of aromatic nitrogens is 2. The molecule has 2 aliphatic rings. The summed E-state index contributed by atoms with van der Waals surface area (Å²) in [5, 5.41) is 7.86. The van der Waals surface area contributed by atoms with E-state index in [1.165, 1.54) is 50.9 Å². The number of hydrogen-bond donors (Lipinski definition) is 1. The first-order valence-corrected chi connectivity index (χ1v) is 11.0. The van der Waals surface area contributed by atoms with Crippen LogP contribution in [0, 0.1) is 5.92 Å². The molecule has 1 N–H and O–H groups in total. The van der Waals surface area contributed by atoms with Crippen molar-refractivity contribution in [2.24, 2.45) is 18.0 Å². The average Bonchev–Trinajstić information content (AvgIpc) is 3.31. The van der Waals surface area contributed by atoms with E-state index in [0.717, 1.165) is 38.1 Å². The van der Waals surface area contributed by atoms with E-state index in [4.69, 9.17) is 4.99 Å². The number of hydrogen-bond acceptors (Lipinski definition) is 4. The van der Waals surface area contributed by atoms with Crippen molar-refractivity contribution in [3.63, 3.8) is 0 Å². The molecule has 0 radical (unpaired) electrons. The Hall–Kier alpha value is -1.60. The molecule has 2 unspecified atom stereocenters. The zero-order chi connectivity index (χ0) is 19.9. The zero-order valence-electron chi connectivity index (χ0n) is 18.3. The Morgan fingerprint density at radius 1 is 1.29 bits per heavy atom. The lowest BCUT2D eigenvalue weighted by Crippen LogP contribution is -2.41. The normalized spacial score (nSPS) is 22.8. The lowest BCUT2D eigenvalue weighted by Gasteiger charge is -2.29. The van der Waals surface area contributed by atoms with E-state index in [1.54, 1.807) is 0 Å². The molecule has 2 saturated heterocycles. The number of rotatable bonds is 7. The second kappa shape index (κ2) is 10.3. The van der Waals surface area contributed by atoms with Gasteiger partial charge in [-0.15, -0.1) is 0 Å². The van der Waals surface area contributed by atoms with E-state index < -0.39 is 0 Å². The maximum Gasteiger partial charge on any atom is 0.193 e. The van der Waals surface area contributed by atoms with Crippen LogP contribution in [0.5, 0.6) is 0 Å². The van der Waals surface area contributed by atoms with Crippen molar-refractivity contribution in [3.8, 4) is 0 Å². The predicted octanol–water partition coefficient (Wildman–Crippen LogP) is 1.80. The predicted molar refractivity (Wildman–Crippen MR) is 116 cm³/mol. The summed E-state index contributed by atoms with van der Waals surface area (Å²) < 4.78 is 1.87. The quantitative estimate of drug-likeness (QED) is 0.569. The highest BCUT2D eigenvalue weighted by molar-refractivity contribution is 5.80. The van der Waals surface area contributed by atoms with Crippen LogP contribution in [-0.2, 0) is 7.05 Å². The molecule has 3 rings (SSSR count). The Labute approximate surface area is 170 Å². The van der Waals surface area contributed by atoms with Crippen LogP contribution >= 0.6 is 0 Å². The highest BCUT2D eigenvalue weighted by Gasteiger charge is 2.27. The minimum absolute atomic E-state index is 0.245. The molecule has 2 fully saturated rings. The van der Waals surface area contributed by atoms with Crippen LogP contribution < -0.4 is 5.32 Å². The lowest BCUT2D eigenvalue weighted by atomic mass is 10.1. The van der Waals surface area contributed by atoms with Crippen LogP contribution in [0.25, 0.3) is 0 Å². The molecular weight excluding hydrogens is 350 g/mol. The Kier molecular flexibility index (Phi) is 7.73. The molecule has 3 heterocycles. The number of piperidine rings is 1. The van der Waals surface area contributed by atoms with Gasteiger partial charge in [-0.2, -0.15) is 5.10 Å². The fourth-order valence-electron chi connectivity index (χ4n) is 4.46. The minimum atomic E-state index is 0.245. The number of aliphatic imine (C=N–C) groups is 1. The third-order valence-corrected chi connectivity index (χ3v) is 6.03. The smallest absolute Gasteiger partial charge is 0.193 e. The van der Waals surface area contributed by atoms with Gasteiger partial charge in [0.05, 0.1) is 18.8 Å². The number of nitrogens with zero attached hydrogens (tertiary/aromatic N) is 6. The molecule has 1 aromatic rings. The van der Waals surface area contributed by atoms with E-state index in [-0.39, 0.29) is 6.04 Å². The number of likely N-dealkylation sites (tertiary alicyclic amines) is 2. The van der Waals surface area contributed by atoms with Crippen LogP contribution in [0.2, 0.25) is 0 Å². The third-order valence-electron chi connectivity index (χ3n) is 6.03. The van der Waals surface area contributed by atoms with E-state index in [1.807, 2.05) is 17.9 Å². The number of guanidine groups is 1. The summed E-state index contributed by atoms with van der Waals surface area (Å²) in [6.45, 7) is 9.89. The van der Waals surface area contributed by atoms with Gasteiger partial charge in [-0.05, 0) is 59.3 Å². The molecule has 158 valence electrons. The van der Waals surface area contributed by atoms with E-state index >= 15 is 0 Å². The van der Waals surface area contributed by atoms with Gasteiger partial charge in [0.25, 0.3) is 0 Å². The lowest BCUT2D eigenvalue weighted by molar-refractivity contribution is 0.198. The number of likely N-dealkylation sites (N-methyl/N-ethyl adjacent to an activating group) is 1. The molecule has 0 amide bonds.